The Kier molecular flexibility index (Phi) is 5.40. The molecule has 2 N–H and O–H groups in total. The largest absolute Gasteiger partial charge is 0.310 e. The standard InChI is InChI=1S/C20H21N7O2S/c1-12(2)26-16(9-10-21-26)23-18(28)13(3)30-20-24-17-15(19(29)25-20)11-22-27(17)14-7-5-4-6-8-14/h4-13H,1-3H3,(H,23,28)(H,24,25,29). The lowest BCUT2D eigenvalue weighted by Gasteiger charge is -2.14. The van der Waals surface area contributed by atoms with Gasteiger partial charge in [0.2, 0.25) is 5.91 Å². The summed E-state index contributed by atoms with van der Waals surface area (Å²) in [5.41, 5.74) is 0.947. The van der Waals surface area contributed by atoms with Gasteiger partial charge in [-0.25, -0.2) is 14.3 Å². The quantitative estimate of drug-likeness (QED) is 0.364. The summed E-state index contributed by atoms with van der Waals surface area (Å²) in [6, 6.07) is 11.3. The van der Waals surface area contributed by atoms with Crippen molar-refractivity contribution in [2.75, 3.05) is 5.32 Å². The van der Waals surface area contributed by atoms with Crippen LogP contribution in [0.25, 0.3) is 16.7 Å². The highest BCUT2D eigenvalue weighted by atomic mass is 32.2. The molecule has 0 radical (unpaired) electrons. The van der Waals surface area contributed by atoms with E-state index >= 15 is 0 Å². The Morgan fingerprint density at radius 2 is 1.90 bits per heavy atom. The number of anilines is 1. The van der Waals surface area contributed by atoms with Crippen molar-refractivity contribution in [2.24, 2.45) is 0 Å². The molecule has 0 saturated carbocycles. The fourth-order valence-electron chi connectivity index (χ4n) is 2.99. The second-order valence-electron chi connectivity index (χ2n) is 7.00. The Labute approximate surface area is 176 Å². The number of hydrogen-bond donors (Lipinski definition) is 2. The zero-order valence-corrected chi connectivity index (χ0v) is 17.6. The lowest BCUT2D eigenvalue weighted by Crippen LogP contribution is -2.25. The third-order valence-electron chi connectivity index (χ3n) is 4.49. The Hall–Kier alpha value is -3.40. The van der Waals surface area contributed by atoms with Crippen LogP contribution in [0.1, 0.15) is 26.8 Å². The molecule has 0 aliphatic carbocycles. The summed E-state index contributed by atoms with van der Waals surface area (Å²) in [6.45, 7) is 5.73. The SMILES string of the molecule is CC(Sc1nc2c(cnn2-c2ccccc2)c(=O)[nH]1)C(=O)Nc1ccnn1C(C)C. The maximum atomic E-state index is 12.7. The van der Waals surface area contributed by atoms with Crippen molar-refractivity contribution in [3.8, 4) is 5.69 Å². The van der Waals surface area contributed by atoms with Crippen LogP contribution in [0.4, 0.5) is 5.82 Å². The zero-order chi connectivity index (χ0) is 21.3. The van der Waals surface area contributed by atoms with Gasteiger partial charge in [0.25, 0.3) is 5.56 Å². The van der Waals surface area contributed by atoms with Crippen LogP contribution in [0.5, 0.6) is 0 Å². The minimum Gasteiger partial charge on any atom is -0.310 e. The molecule has 1 unspecified atom stereocenters. The van der Waals surface area contributed by atoms with Gasteiger partial charge in [-0.1, -0.05) is 30.0 Å². The molecule has 0 bridgehead atoms. The molecule has 3 heterocycles. The molecule has 10 heteroatoms. The molecule has 1 aromatic carbocycles. The highest BCUT2D eigenvalue weighted by Crippen LogP contribution is 2.23. The highest BCUT2D eigenvalue weighted by molar-refractivity contribution is 8.00. The van der Waals surface area contributed by atoms with Crippen LogP contribution in [-0.4, -0.2) is 40.7 Å². The normalized spacial score (nSPS) is 12.4. The number of para-hydroxylation sites is 1. The topological polar surface area (TPSA) is 110 Å². The predicted octanol–water partition coefficient (Wildman–Crippen LogP) is 3.01. The molecule has 4 rings (SSSR count). The number of nitrogens with zero attached hydrogens (tertiary/aromatic N) is 5. The van der Waals surface area contributed by atoms with Gasteiger partial charge in [-0.2, -0.15) is 10.2 Å². The van der Waals surface area contributed by atoms with E-state index in [9.17, 15) is 9.59 Å². The van der Waals surface area contributed by atoms with Gasteiger partial charge < -0.3 is 10.3 Å². The molecule has 4 aromatic rings. The third kappa shape index (κ3) is 3.86. The summed E-state index contributed by atoms with van der Waals surface area (Å²) in [5, 5.41) is 11.6. The smallest absolute Gasteiger partial charge is 0.262 e. The molecule has 1 amide bonds. The van der Waals surface area contributed by atoms with E-state index in [-0.39, 0.29) is 17.5 Å². The highest BCUT2D eigenvalue weighted by Gasteiger charge is 2.20. The van der Waals surface area contributed by atoms with Crippen LogP contribution >= 0.6 is 11.8 Å². The average molecular weight is 424 g/mol. The summed E-state index contributed by atoms with van der Waals surface area (Å²) in [4.78, 5) is 32.4. The Bertz CT molecular complexity index is 1240. The van der Waals surface area contributed by atoms with E-state index in [2.05, 4.69) is 25.5 Å². The Balaban J connectivity index is 1.58. The first-order valence-electron chi connectivity index (χ1n) is 9.48. The number of H-pyrrole nitrogens is 1. The number of carbonyl (C=O) groups excluding carboxylic acids is 1. The molecule has 3 aromatic heterocycles. The van der Waals surface area contributed by atoms with Gasteiger partial charge in [-0.15, -0.1) is 0 Å². The minimum absolute atomic E-state index is 0.122. The number of nitrogens with one attached hydrogen (secondary N) is 2. The van der Waals surface area contributed by atoms with Crippen LogP contribution in [0.3, 0.4) is 0 Å². The van der Waals surface area contributed by atoms with Crippen molar-refractivity contribution >= 4 is 34.5 Å². The van der Waals surface area contributed by atoms with E-state index in [1.807, 2.05) is 44.2 Å². The number of thioether (sulfide) groups is 1. The van der Waals surface area contributed by atoms with Gasteiger partial charge in [0.15, 0.2) is 10.8 Å². The van der Waals surface area contributed by atoms with E-state index in [1.165, 1.54) is 18.0 Å². The summed E-state index contributed by atoms with van der Waals surface area (Å²) in [6.07, 6.45) is 3.14. The lowest BCUT2D eigenvalue weighted by atomic mass is 10.3. The van der Waals surface area contributed by atoms with Crippen molar-refractivity contribution in [3.05, 3.63) is 59.1 Å². The minimum atomic E-state index is -0.491. The number of fused-ring (bicyclic) bond motifs is 1. The molecular weight excluding hydrogens is 402 g/mol. The summed E-state index contributed by atoms with van der Waals surface area (Å²) in [7, 11) is 0. The molecule has 30 heavy (non-hydrogen) atoms. The Morgan fingerprint density at radius 3 is 2.63 bits per heavy atom. The van der Waals surface area contributed by atoms with Crippen LogP contribution in [0.2, 0.25) is 0 Å². The third-order valence-corrected chi connectivity index (χ3v) is 5.47. The lowest BCUT2D eigenvalue weighted by molar-refractivity contribution is -0.115. The number of amides is 1. The van der Waals surface area contributed by atoms with Crippen molar-refractivity contribution in [2.45, 2.75) is 37.2 Å². The molecule has 0 saturated heterocycles. The van der Waals surface area contributed by atoms with Gasteiger partial charge in [-0.3, -0.25) is 9.59 Å². The molecule has 9 nitrogen and oxygen atoms in total. The van der Waals surface area contributed by atoms with Crippen molar-refractivity contribution < 1.29 is 4.79 Å². The van der Waals surface area contributed by atoms with Gasteiger partial charge in [0, 0.05) is 12.1 Å². The number of rotatable bonds is 6. The van der Waals surface area contributed by atoms with Crippen molar-refractivity contribution in [3.63, 3.8) is 0 Å². The molecule has 154 valence electrons. The number of aromatic amines is 1. The fraction of sp³-hybridized carbons (Fsp3) is 0.250. The van der Waals surface area contributed by atoms with Crippen LogP contribution in [-0.2, 0) is 4.79 Å². The first-order valence-corrected chi connectivity index (χ1v) is 10.4. The number of carbonyl (C=O) groups is 1. The van der Waals surface area contributed by atoms with Gasteiger partial charge in [0.1, 0.15) is 11.2 Å². The summed E-state index contributed by atoms with van der Waals surface area (Å²) < 4.78 is 3.35. The molecule has 0 spiro atoms. The fourth-order valence-corrected chi connectivity index (χ4v) is 3.78. The van der Waals surface area contributed by atoms with E-state index in [4.69, 9.17) is 0 Å². The molecular formula is C20H21N7O2S. The van der Waals surface area contributed by atoms with Crippen molar-refractivity contribution in [1.82, 2.24) is 29.5 Å². The van der Waals surface area contributed by atoms with E-state index in [0.29, 0.717) is 22.0 Å². The Morgan fingerprint density at radius 1 is 1.13 bits per heavy atom. The molecule has 0 aliphatic heterocycles. The van der Waals surface area contributed by atoms with Gasteiger partial charge in [0.05, 0.1) is 23.3 Å². The number of benzene rings is 1. The summed E-state index contributed by atoms with van der Waals surface area (Å²) in [5.74, 6) is 0.420. The maximum Gasteiger partial charge on any atom is 0.262 e. The van der Waals surface area contributed by atoms with Crippen molar-refractivity contribution in [1.29, 1.82) is 0 Å². The van der Waals surface area contributed by atoms with Gasteiger partial charge in [-0.05, 0) is 32.9 Å². The van der Waals surface area contributed by atoms with Gasteiger partial charge >= 0.3 is 0 Å². The van der Waals surface area contributed by atoms with Crippen LogP contribution in [0, 0.1) is 0 Å². The monoisotopic (exact) mass is 423 g/mol. The first kappa shape index (κ1) is 19.9. The predicted molar refractivity (Wildman–Crippen MR) is 116 cm³/mol. The first-order chi connectivity index (χ1) is 14.4. The zero-order valence-electron chi connectivity index (χ0n) is 16.7. The van der Waals surface area contributed by atoms with E-state index < -0.39 is 5.25 Å². The molecule has 0 aliphatic rings. The number of hydrogen-bond acceptors (Lipinski definition) is 6. The number of aromatic nitrogens is 6. The molecule has 0 fully saturated rings. The van der Waals surface area contributed by atoms with Crippen LogP contribution < -0.4 is 10.9 Å². The second kappa shape index (κ2) is 8.15. The average Bonchev–Trinajstić information content (AvgIpc) is 3.36. The van der Waals surface area contributed by atoms with E-state index in [0.717, 1.165) is 5.69 Å². The maximum absolute atomic E-state index is 12.7. The summed E-state index contributed by atoms with van der Waals surface area (Å²) >= 11 is 1.17. The van der Waals surface area contributed by atoms with Crippen LogP contribution in [0.15, 0.2) is 58.7 Å². The van der Waals surface area contributed by atoms with E-state index in [1.54, 1.807) is 28.6 Å². The second-order valence-corrected chi connectivity index (χ2v) is 8.33. The molecule has 1 atom stereocenters.